The molecule has 4 N–H and O–H groups in total. The lowest BCUT2D eigenvalue weighted by molar-refractivity contribution is -0.179. The van der Waals surface area contributed by atoms with Gasteiger partial charge in [-0.25, -0.2) is 14.0 Å². The number of carboxylic acids is 2. The zero-order valence-corrected chi connectivity index (χ0v) is 22.8. The molecule has 0 aliphatic carbocycles. The number of piperidine rings is 1. The van der Waals surface area contributed by atoms with Gasteiger partial charge in [0.1, 0.15) is 5.82 Å². The molecule has 8 nitrogen and oxygen atoms in total. The molecule has 1 heterocycles. The van der Waals surface area contributed by atoms with E-state index in [9.17, 15) is 24.2 Å². The van der Waals surface area contributed by atoms with Crippen LogP contribution in [0.2, 0.25) is 0 Å². The van der Waals surface area contributed by atoms with Crippen LogP contribution in [-0.4, -0.2) is 53.5 Å². The van der Waals surface area contributed by atoms with Crippen molar-refractivity contribution in [3.63, 3.8) is 0 Å². The molecule has 1 fully saturated rings. The molecular formula is C31H37FN2O6. The van der Waals surface area contributed by atoms with Gasteiger partial charge >= 0.3 is 11.9 Å². The molecule has 1 aliphatic rings. The molecule has 3 aromatic rings. The standard InChI is InChI=1S/C20H22O6.C11H15FN2/c1-13-3-7-15(8-4-13)11-25-17(19(21)22)18(20(23)24)26-12-16-9-5-14(2)6-10-16;12-9-3-5-10(6-4-9)14-11-2-1-7-13-8-11/h3-10,17-18H,11-12H2,1-2H3,(H,21,22)(H,23,24);3-6,11,13-14H,1-2,7-8H2/t17-,18-;/m1./s1. The largest absolute Gasteiger partial charge is 0.479 e. The first-order valence-electron chi connectivity index (χ1n) is 13.2. The lowest BCUT2D eigenvalue weighted by Gasteiger charge is -2.24. The fraction of sp³-hybridized carbons (Fsp3) is 0.355. The van der Waals surface area contributed by atoms with E-state index in [0.29, 0.717) is 6.04 Å². The summed E-state index contributed by atoms with van der Waals surface area (Å²) in [5.74, 6) is -2.95. The van der Waals surface area contributed by atoms with Gasteiger partial charge < -0.3 is 30.3 Å². The van der Waals surface area contributed by atoms with Gasteiger partial charge in [0.2, 0.25) is 0 Å². The summed E-state index contributed by atoms with van der Waals surface area (Å²) < 4.78 is 23.3. The molecule has 0 saturated carbocycles. The number of nitrogens with one attached hydrogen (secondary N) is 2. The summed E-state index contributed by atoms with van der Waals surface area (Å²) in [5, 5.41) is 25.5. The number of carboxylic acid groups (broad SMARTS) is 2. The summed E-state index contributed by atoms with van der Waals surface area (Å²) in [4.78, 5) is 23.0. The Hall–Kier alpha value is -3.79. The van der Waals surface area contributed by atoms with Gasteiger partial charge in [0.05, 0.1) is 13.2 Å². The van der Waals surface area contributed by atoms with E-state index in [1.54, 1.807) is 36.4 Å². The number of anilines is 1. The molecular weight excluding hydrogens is 515 g/mol. The van der Waals surface area contributed by atoms with Crippen LogP contribution in [0.3, 0.4) is 0 Å². The van der Waals surface area contributed by atoms with E-state index in [1.807, 2.05) is 38.1 Å². The Bertz CT molecular complexity index is 1130. The second-order valence-electron chi connectivity index (χ2n) is 9.81. The number of carbonyl (C=O) groups is 2. The minimum atomic E-state index is -1.61. The molecule has 1 unspecified atom stereocenters. The molecule has 40 heavy (non-hydrogen) atoms. The van der Waals surface area contributed by atoms with E-state index >= 15 is 0 Å². The number of rotatable bonds is 11. The van der Waals surface area contributed by atoms with Gasteiger partial charge in [-0.1, -0.05) is 59.7 Å². The van der Waals surface area contributed by atoms with Crippen LogP contribution < -0.4 is 10.6 Å². The third-order valence-corrected chi connectivity index (χ3v) is 6.37. The van der Waals surface area contributed by atoms with Crippen molar-refractivity contribution in [2.45, 2.75) is 58.2 Å². The number of hydrogen-bond acceptors (Lipinski definition) is 6. The third kappa shape index (κ3) is 10.4. The Labute approximate surface area is 234 Å². The van der Waals surface area contributed by atoms with E-state index < -0.39 is 24.1 Å². The Morgan fingerprint density at radius 1 is 0.850 bits per heavy atom. The average Bonchev–Trinajstić information content (AvgIpc) is 2.94. The number of aryl methyl sites for hydroxylation is 2. The summed E-state index contributed by atoms with van der Waals surface area (Å²) in [7, 11) is 0. The topological polar surface area (TPSA) is 117 Å². The monoisotopic (exact) mass is 552 g/mol. The Kier molecular flexibility index (Phi) is 12.1. The molecule has 0 amide bonds. The second-order valence-corrected chi connectivity index (χ2v) is 9.81. The van der Waals surface area contributed by atoms with Crippen molar-refractivity contribution in [2.24, 2.45) is 0 Å². The Morgan fingerprint density at radius 2 is 1.32 bits per heavy atom. The average molecular weight is 553 g/mol. The molecule has 1 saturated heterocycles. The highest BCUT2D eigenvalue weighted by Crippen LogP contribution is 2.15. The van der Waals surface area contributed by atoms with Crippen molar-refractivity contribution in [1.82, 2.24) is 5.32 Å². The second kappa shape index (κ2) is 15.7. The maximum absolute atomic E-state index is 12.6. The van der Waals surface area contributed by atoms with Gasteiger partial charge in [-0.05, 0) is 68.6 Å². The number of aliphatic carboxylic acids is 2. The molecule has 1 aliphatic heterocycles. The van der Waals surface area contributed by atoms with Gasteiger partial charge in [0.25, 0.3) is 0 Å². The molecule has 0 bridgehead atoms. The lowest BCUT2D eigenvalue weighted by Crippen LogP contribution is -2.43. The van der Waals surface area contributed by atoms with Crippen molar-refractivity contribution >= 4 is 17.6 Å². The van der Waals surface area contributed by atoms with Crippen LogP contribution in [0.5, 0.6) is 0 Å². The van der Waals surface area contributed by atoms with E-state index in [4.69, 9.17) is 9.47 Å². The number of benzene rings is 3. The van der Waals surface area contributed by atoms with Crippen LogP contribution in [0.4, 0.5) is 10.1 Å². The molecule has 0 radical (unpaired) electrons. The highest BCUT2D eigenvalue weighted by atomic mass is 19.1. The van der Waals surface area contributed by atoms with Crippen molar-refractivity contribution in [2.75, 3.05) is 18.4 Å². The summed E-state index contributed by atoms with van der Waals surface area (Å²) >= 11 is 0. The van der Waals surface area contributed by atoms with Crippen LogP contribution in [0.15, 0.2) is 72.8 Å². The van der Waals surface area contributed by atoms with Crippen molar-refractivity contribution < 1.29 is 33.7 Å². The van der Waals surface area contributed by atoms with Crippen molar-refractivity contribution in [1.29, 1.82) is 0 Å². The van der Waals surface area contributed by atoms with Gasteiger partial charge in [-0.15, -0.1) is 0 Å². The number of ether oxygens (including phenoxy) is 2. The lowest BCUT2D eigenvalue weighted by atomic mass is 10.1. The van der Waals surface area contributed by atoms with Gasteiger partial charge in [0, 0.05) is 18.3 Å². The predicted molar refractivity (Wildman–Crippen MR) is 151 cm³/mol. The van der Waals surface area contributed by atoms with Gasteiger partial charge in [0.15, 0.2) is 12.2 Å². The summed E-state index contributed by atoms with van der Waals surface area (Å²) in [6.45, 7) is 5.94. The summed E-state index contributed by atoms with van der Waals surface area (Å²) in [5.41, 5.74) is 4.64. The molecule has 214 valence electrons. The van der Waals surface area contributed by atoms with Gasteiger partial charge in [-0.2, -0.15) is 0 Å². The molecule has 9 heteroatoms. The van der Waals surface area contributed by atoms with Crippen LogP contribution >= 0.6 is 0 Å². The highest BCUT2D eigenvalue weighted by molar-refractivity contribution is 5.83. The van der Waals surface area contributed by atoms with E-state index in [-0.39, 0.29) is 19.0 Å². The molecule has 0 aromatic heterocycles. The quantitative estimate of drug-likeness (QED) is 0.265. The fourth-order valence-electron chi connectivity index (χ4n) is 4.07. The van der Waals surface area contributed by atoms with Gasteiger partial charge in [-0.3, -0.25) is 0 Å². The van der Waals surface area contributed by atoms with Crippen molar-refractivity contribution in [3.8, 4) is 0 Å². The minimum Gasteiger partial charge on any atom is -0.479 e. The maximum Gasteiger partial charge on any atom is 0.336 e. The zero-order chi connectivity index (χ0) is 28.9. The summed E-state index contributed by atoms with van der Waals surface area (Å²) in [6.07, 6.45) is -0.832. The first kappa shape index (κ1) is 30.7. The first-order chi connectivity index (χ1) is 19.2. The van der Waals surface area contributed by atoms with Crippen LogP contribution in [-0.2, 0) is 32.3 Å². The van der Waals surface area contributed by atoms with Crippen molar-refractivity contribution in [3.05, 3.63) is 101 Å². The first-order valence-corrected chi connectivity index (χ1v) is 13.2. The minimum absolute atomic E-state index is 0.0189. The molecule has 4 rings (SSSR count). The fourth-order valence-corrected chi connectivity index (χ4v) is 4.07. The Balaban J connectivity index is 0.000000263. The van der Waals surface area contributed by atoms with E-state index in [2.05, 4.69) is 10.6 Å². The SMILES string of the molecule is Cc1ccc(CO[C@@H](C(=O)O)[C@@H](OCc2ccc(C)cc2)C(=O)O)cc1.Fc1ccc(NC2CCCNC2)cc1. The molecule has 3 atom stereocenters. The van der Waals surface area contributed by atoms with E-state index in [0.717, 1.165) is 41.0 Å². The highest BCUT2D eigenvalue weighted by Gasteiger charge is 2.36. The number of halogens is 1. The normalized spacial score (nSPS) is 16.2. The van der Waals surface area contributed by atoms with Crippen LogP contribution in [0, 0.1) is 19.7 Å². The zero-order valence-electron chi connectivity index (χ0n) is 22.8. The predicted octanol–water partition coefficient (Wildman–Crippen LogP) is 4.93. The Morgan fingerprint density at radius 3 is 1.73 bits per heavy atom. The maximum atomic E-state index is 12.6. The van der Waals surface area contributed by atoms with E-state index in [1.165, 1.54) is 25.0 Å². The van der Waals surface area contributed by atoms with Crippen LogP contribution in [0.25, 0.3) is 0 Å². The van der Waals surface area contributed by atoms with Crippen LogP contribution in [0.1, 0.15) is 35.1 Å². The summed E-state index contributed by atoms with van der Waals surface area (Å²) in [6, 6.07) is 21.7. The number of hydrogen-bond donors (Lipinski definition) is 4. The molecule has 0 spiro atoms. The third-order valence-electron chi connectivity index (χ3n) is 6.37. The molecule has 3 aromatic carbocycles. The smallest absolute Gasteiger partial charge is 0.336 e.